The van der Waals surface area contributed by atoms with Crippen molar-refractivity contribution in [3.8, 4) is 5.69 Å². The maximum absolute atomic E-state index is 13.2. The standard InChI is InChI=1S/C21H13BrFN3O3/c22-13-3-7-16(8-4-13)26-20(28)18(19(27)24-21(26)29)12-17-2-1-11-25(17)15-9-5-14(23)6-10-15/h1-12H,(H,24,27,29)/b18-12+. The molecule has 1 N–H and O–H groups in total. The third-order valence-electron chi connectivity index (χ3n) is 4.36. The molecule has 0 radical (unpaired) electrons. The molecule has 0 saturated carbocycles. The number of carbonyl (C=O) groups is 3. The Balaban J connectivity index is 1.73. The molecule has 1 fully saturated rings. The molecule has 0 spiro atoms. The first kappa shape index (κ1) is 18.8. The second-order valence-electron chi connectivity index (χ2n) is 6.21. The highest BCUT2D eigenvalue weighted by atomic mass is 79.9. The van der Waals surface area contributed by atoms with Crippen LogP contribution in [0.5, 0.6) is 0 Å². The molecule has 29 heavy (non-hydrogen) atoms. The van der Waals surface area contributed by atoms with Crippen molar-refractivity contribution in [1.82, 2.24) is 9.88 Å². The summed E-state index contributed by atoms with van der Waals surface area (Å²) >= 11 is 3.30. The fourth-order valence-corrected chi connectivity index (χ4v) is 3.24. The molecule has 6 nitrogen and oxygen atoms in total. The highest BCUT2D eigenvalue weighted by Gasteiger charge is 2.36. The molecule has 0 unspecified atom stereocenters. The first-order valence-corrected chi connectivity index (χ1v) is 9.33. The van der Waals surface area contributed by atoms with Crippen LogP contribution < -0.4 is 10.2 Å². The summed E-state index contributed by atoms with van der Waals surface area (Å²) in [4.78, 5) is 38.5. The van der Waals surface area contributed by atoms with Crippen molar-refractivity contribution in [3.63, 3.8) is 0 Å². The monoisotopic (exact) mass is 453 g/mol. The molecule has 2 heterocycles. The number of benzene rings is 2. The molecule has 3 aromatic rings. The molecule has 2 aromatic carbocycles. The third kappa shape index (κ3) is 3.62. The fourth-order valence-electron chi connectivity index (χ4n) is 2.98. The van der Waals surface area contributed by atoms with Gasteiger partial charge in [-0.05, 0) is 66.7 Å². The summed E-state index contributed by atoms with van der Waals surface area (Å²) in [5.41, 5.74) is 1.34. The molecule has 1 aromatic heterocycles. The molecule has 1 aliphatic rings. The van der Waals surface area contributed by atoms with E-state index < -0.39 is 17.8 Å². The zero-order chi connectivity index (χ0) is 20.5. The summed E-state index contributed by atoms with van der Waals surface area (Å²) < 4.78 is 15.7. The smallest absolute Gasteiger partial charge is 0.317 e. The number of amides is 4. The zero-order valence-corrected chi connectivity index (χ0v) is 16.4. The number of nitrogens with one attached hydrogen (secondary N) is 1. The number of anilines is 1. The van der Waals surface area contributed by atoms with Crippen LogP contribution in [0.25, 0.3) is 11.8 Å². The van der Waals surface area contributed by atoms with Crippen LogP contribution in [0.3, 0.4) is 0 Å². The molecule has 1 saturated heterocycles. The normalized spacial score (nSPS) is 15.7. The molecule has 0 atom stereocenters. The highest BCUT2D eigenvalue weighted by Crippen LogP contribution is 2.24. The molecule has 0 aliphatic carbocycles. The van der Waals surface area contributed by atoms with Crippen LogP contribution in [0.15, 0.2) is 76.9 Å². The number of aromatic nitrogens is 1. The quantitative estimate of drug-likeness (QED) is 0.480. The third-order valence-corrected chi connectivity index (χ3v) is 4.89. The Bertz CT molecular complexity index is 1150. The van der Waals surface area contributed by atoms with Crippen molar-refractivity contribution < 1.29 is 18.8 Å². The van der Waals surface area contributed by atoms with Gasteiger partial charge in [0.05, 0.1) is 5.69 Å². The van der Waals surface area contributed by atoms with Crippen LogP contribution in [0.1, 0.15) is 5.69 Å². The number of hydrogen-bond donors (Lipinski definition) is 1. The first-order valence-electron chi connectivity index (χ1n) is 8.54. The van der Waals surface area contributed by atoms with Gasteiger partial charge in [-0.25, -0.2) is 14.1 Å². The van der Waals surface area contributed by atoms with E-state index in [1.54, 1.807) is 59.3 Å². The van der Waals surface area contributed by atoms with Gasteiger partial charge in [-0.3, -0.25) is 14.9 Å². The molecular formula is C21H13BrFN3O3. The second-order valence-corrected chi connectivity index (χ2v) is 7.13. The first-order chi connectivity index (χ1) is 13.9. The molecular weight excluding hydrogens is 441 g/mol. The van der Waals surface area contributed by atoms with E-state index in [4.69, 9.17) is 0 Å². The molecule has 1 aliphatic heterocycles. The number of nitrogens with zero attached hydrogens (tertiary/aromatic N) is 2. The average Bonchev–Trinajstić information content (AvgIpc) is 3.15. The Hall–Kier alpha value is -3.52. The van der Waals surface area contributed by atoms with Crippen molar-refractivity contribution in [2.24, 2.45) is 0 Å². The van der Waals surface area contributed by atoms with E-state index in [2.05, 4.69) is 21.2 Å². The molecule has 0 bridgehead atoms. The Morgan fingerprint density at radius 2 is 1.55 bits per heavy atom. The van der Waals surface area contributed by atoms with E-state index >= 15 is 0 Å². The lowest BCUT2D eigenvalue weighted by molar-refractivity contribution is -0.122. The number of halogens is 2. The number of urea groups is 1. The number of imide groups is 2. The summed E-state index contributed by atoms with van der Waals surface area (Å²) in [6, 6.07) is 15.0. The molecule has 144 valence electrons. The summed E-state index contributed by atoms with van der Waals surface area (Å²) in [6.45, 7) is 0. The van der Waals surface area contributed by atoms with Crippen LogP contribution in [0.2, 0.25) is 0 Å². The highest BCUT2D eigenvalue weighted by molar-refractivity contribution is 9.10. The van der Waals surface area contributed by atoms with Gasteiger partial charge in [0.15, 0.2) is 0 Å². The Morgan fingerprint density at radius 1 is 0.897 bits per heavy atom. The minimum Gasteiger partial charge on any atom is -0.317 e. The Labute approximate surface area is 173 Å². The van der Waals surface area contributed by atoms with E-state index in [-0.39, 0.29) is 11.4 Å². The SMILES string of the molecule is O=C1NC(=O)N(c2ccc(Br)cc2)C(=O)/C1=C/c1cccn1-c1ccc(F)cc1. The van der Waals surface area contributed by atoms with Crippen molar-refractivity contribution in [2.75, 3.05) is 4.90 Å². The summed E-state index contributed by atoms with van der Waals surface area (Å²) in [5, 5.41) is 2.19. The van der Waals surface area contributed by atoms with Crippen molar-refractivity contribution in [3.05, 3.63) is 88.4 Å². The average molecular weight is 454 g/mol. The van der Waals surface area contributed by atoms with E-state index in [1.807, 2.05) is 0 Å². The lowest BCUT2D eigenvalue weighted by Crippen LogP contribution is -2.54. The number of barbiturate groups is 1. The van der Waals surface area contributed by atoms with Crippen molar-refractivity contribution >= 4 is 45.5 Å². The minimum absolute atomic E-state index is 0.186. The largest absolute Gasteiger partial charge is 0.335 e. The summed E-state index contributed by atoms with van der Waals surface area (Å²) in [5.74, 6) is -1.88. The van der Waals surface area contributed by atoms with E-state index in [1.165, 1.54) is 18.2 Å². The van der Waals surface area contributed by atoms with Crippen LogP contribution in [0.4, 0.5) is 14.9 Å². The lowest BCUT2D eigenvalue weighted by Gasteiger charge is -2.26. The predicted molar refractivity (Wildman–Crippen MR) is 109 cm³/mol. The van der Waals surface area contributed by atoms with Gasteiger partial charge in [0.25, 0.3) is 11.8 Å². The zero-order valence-electron chi connectivity index (χ0n) is 14.8. The predicted octanol–water partition coefficient (Wildman–Crippen LogP) is 4.05. The Kier molecular flexibility index (Phi) is 4.85. The van der Waals surface area contributed by atoms with Crippen molar-refractivity contribution in [1.29, 1.82) is 0 Å². The molecule has 4 amide bonds. The maximum atomic E-state index is 13.2. The molecule has 4 rings (SSSR count). The van der Waals surface area contributed by atoms with E-state index in [0.29, 0.717) is 17.1 Å². The topological polar surface area (TPSA) is 71.4 Å². The van der Waals surface area contributed by atoms with Crippen LogP contribution in [-0.4, -0.2) is 22.4 Å². The lowest BCUT2D eigenvalue weighted by atomic mass is 10.1. The van der Waals surface area contributed by atoms with Crippen LogP contribution >= 0.6 is 15.9 Å². The van der Waals surface area contributed by atoms with Gasteiger partial charge >= 0.3 is 6.03 Å². The number of rotatable bonds is 3. The minimum atomic E-state index is -0.812. The van der Waals surface area contributed by atoms with Crippen LogP contribution in [-0.2, 0) is 9.59 Å². The van der Waals surface area contributed by atoms with Gasteiger partial charge in [0.1, 0.15) is 11.4 Å². The van der Waals surface area contributed by atoms with Crippen molar-refractivity contribution in [2.45, 2.75) is 0 Å². The second kappa shape index (κ2) is 7.48. The van der Waals surface area contributed by atoms with Crippen LogP contribution in [0, 0.1) is 5.82 Å². The Morgan fingerprint density at radius 3 is 2.24 bits per heavy atom. The fraction of sp³-hybridized carbons (Fsp3) is 0. The summed E-state index contributed by atoms with van der Waals surface area (Å²) in [7, 11) is 0. The van der Waals surface area contributed by atoms with Gasteiger partial charge < -0.3 is 4.57 Å². The number of hydrogen-bond acceptors (Lipinski definition) is 3. The maximum Gasteiger partial charge on any atom is 0.335 e. The van der Waals surface area contributed by atoms with Gasteiger partial charge in [0, 0.05) is 22.1 Å². The summed E-state index contributed by atoms with van der Waals surface area (Å²) in [6.07, 6.45) is 3.13. The van der Waals surface area contributed by atoms with Gasteiger partial charge in [0.2, 0.25) is 0 Å². The van der Waals surface area contributed by atoms with E-state index in [9.17, 15) is 18.8 Å². The van der Waals surface area contributed by atoms with Gasteiger partial charge in [-0.15, -0.1) is 0 Å². The van der Waals surface area contributed by atoms with Gasteiger partial charge in [-0.1, -0.05) is 15.9 Å². The van der Waals surface area contributed by atoms with Gasteiger partial charge in [-0.2, -0.15) is 0 Å². The van der Waals surface area contributed by atoms with E-state index in [0.717, 1.165) is 9.37 Å². The molecule has 8 heteroatoms. The number of carbonyl (C=O) groups excluding carboxylic acids is 3.